The third-order valence-electron chi connectivity index (χ3n) is 7.14. The van der Waals surface area contributed by atoms with Gasteiger partial charge in [-0.1, -0.05) is 36.4 Å². The minimum absolute atomic E-state index is 0.0302. The molecule has 196 valence electrons. The number of alkyl halides is 1. The predicted octanol–water partition coefficient (Wildman–Crippen LogP) is 5.26. The van der Waals surface area contributed by atoms with Crippen LogP contribution in [0.5, 0.6) is 0 Å². The fourth-order valence-electron chi connectivity index (χ4n) is 5.26. The van der Waals surface area contributed by atoms with Gasteiger partial charge >= 0.3 is 0 Å². The van der Waals surface area contributed by atoms with Crippen LogP contribution >= 0.6 is 11.8 Å². The van der Waals surface area contributed by atoms with Crippen molar-refractivity contribution in [1.29, 1.82) is 0 Å². The van der Waals surface area contributed by atoms with Crippen LogP contribution < -0.4 is 0 Å². The summed E-state index contributed by atoms with van der Waals surface area (Å²) in [6.45, 7) is 1.45. The zero-order valence-electron chi connectivity index (χ0n) is 20.3. The van der Waals surface area contributed by atoms with E-state index in [1.165, 1.54) is 30.3 Å². The molecule has 3 aromatic rings. The van der Waals surface area contributed by atoms with E-state index in [2.05, 4.69) is 0 Å². The van der Waals surface area contributed by atoms with Gasteiger partial charge in [-0.3, -0.25) is 19.7 Å². The largest absolute Gasteiger partial charge is 0.337 e. The lowest BCUT2D eigenvalue weighted by Gasteiger charge is -2.25. The molecule has 2 saturated heterocycles. The second-order valence-corrected chi connectivity index (χ2v) is 10.5. The van der Waals surface area contributed by atoms with E-state index in [1.54, 1.807) is 46.2 Å². The lowest BCUT2D eigenvalue weighted by Crippen LogP contribution is -2.41. The number of hydrogen-bond acceptors (Lipinski definition) is 5. The van der Waals surface area contributed by atoms with E-state index < -0.39 is 16.9 Å². The lowest BCUT2D eigenvalue weighted by molar-refractivity contribution is -0.387. The second-order valence-electron chi connectivity index (χ2n) is 9.47. The summed E-state index contributed by atoms with van der Waals surface area (Å²) in [4.78, 5) is 41.0. The number of carbonyl (C=O) groups excluding carboxylic acids is 2. The van der Waals surface area contributed by atoms with Crippen LogP contribution in [0.3, 0.4) is 0 Å². The third-order valence-corrected chi connectivity index (χ3v) is 8.18. The number of thioether (sulfide) groups is 1. The number of nitro benzene ring substituents is 1. The molecule has 0 aliphatic carbocycles. The van der Waals surface area contributed by atoms with E-state index in [1.807, 2.05) is 0 Å². The van der Waals surface area contributed by atoms with Crippen LogP contribution in [0.1, 0.15) is 34.1 Å². The Balaban J connectivity index is 1.23. The minimum atomic E-state index is -1.57. The fourth-order valence-corrected chi connectivity index (χ4v) is 6.17. The standard InChI is InChI=1S/C28H25F2N3O4S/c29-22-8-4-6-19(14-22)27(30)18-5-3-7-20(13-18)28(35)31-15-21-11-12-32(24(21)16-31)26(34)17-38-25-10-2-1-9-23(25)33(36)37/h1-10,13-14,21,24,27H,11-12,15-17H2/t21-,24+,27?/m0/s1. The molecule has 10 heteroatoms. The number of amides is 2. The quantitative estimate of drug-likeness (QED) is 0.233. The van der Waals surface area contributed by atoms with Gasteiger partial charge < -0.3 is 9.80 Å². The molecule has 2 aliphatic rings. The van der Waals surface area contributed by atoms with E-state index in [-0.39, 0.29) is 46.3 Å². The van der Waals surface area contributed by atoms with Crippen LogP contribution in [0.2, 0.25) is 0 Å². The first-order chi connectivity index (χ1) is 18.3. The van der Waals surface area contributed by atoms with Crippen LogP contribution in [0, 0.1) is 21.8 Å². The number of nitrogens with zero attached hydrogens (tertiary/aromatic N) is 3. The van der Waals surface area contributed by atoms with Gasteiger partial charge in [0.25, 0.3) is 11.6 Å². The Hall–Kier alpha value is -3.79. The van der Waals surface area contributed by atoms with E-state index >= 15 is 4.39 Å². The smallest absolute Gasteiger partial charge is 0.282 e. The highest BCUT2D eigenvalue weighted by atomic mass is 32.2. The van der Waals surface area contributed by atoms with Gasteiger partial charge in [0.05, 0.1) is 21.6 Å². The molecule has 7 nitrogen and oxygen atoms in total. The van der Waals surface area contributed by atoms with Crippen molar-refractivity contribution in [3.8, 4) is 0 Å². The molecular weight excluding hydrogens is 512 g/mol. The zero-order valence-corrected chi connectivity index (χ0v) is 21.2. The summed E-state index contributed by atoms with van der Waals surface area (Å²) in [6.07, 6.45) is -0.801. The van der Waals surface area contributed by atoms with Gasteiger partial charge in [-0.2, -0.15) is 0 Å². The first kappa shape index (κ1) is 25.8. The molecule has 0 bridgehead atoms. The Morgan fingerprint density at radius 2 is 1.76 bits per heavy atom. The number of likely N-dealkylation sites (tertiary alicyclic amines) is 2. The van der Waals surface area contributed by atoms with Crippen molar-refractivity contribution in [2.75, 3.05) is 25.4 Å². The number of halogens is 2. The molecule has 2 aliphatic heterocycles. The number of fused-ring (bicyclic) bond motifs is 1. The Bertz CT molecular complexity index is 1390. The molecule has 0 saturated carbocycles. The van der Waals surface area contributed by atoms with Crippen molar-refractivity contribution in [1.82, 2.24) is 9.80 Å². The number of rotatable bonds is 7. The molecular formula is C28H25F2N3O4S. The summed E-state index contributed by atoms with van der Waals surface area (Å²) in [5.41, 5.74) is 0.756. The van der Waals surface area contributed by atoms with Crippen molar-refractivity contribution < 1.29 is 23.3 Å². The Kier molecular flexibility index (Phi) is 7.42. The summed E-state index contributed by atoms with van der Waals surface area (Å²) in [6, 6.07) is 17.9. The van der Waals surface area contributed by atoms with Crippen LogP contribution in [0.25, 0.3) is 0 Å². The van der Waals surface area contributed by atoms with Crippen molar-refractivity contribution in [3.63, 3.8) is 0 Å². The molecule has 0 spiro atoms. The maximum atomic E-state index is 15.1. The van der Waals surface area contributed by atoms with Gasteiger partial charge in [0.1, 0.15) is 5.82 Å². The molecule has 0 radical (unpaired) electrons. The number of nitro groups is 1. The zero-order chi connectivity index (χ0) is 26.8. The Morgan fingerprint density at radius 3 is 2.53 bits per heavy atom. The third kappa shape index (κ3) is 5.26. The normalized spacial score (nSPS) is 19.3. The van der Waals surface area contributed by atoms with E-state index in [0.29, 0.717) is 30.1 Å². The molecule has 0 N–H and O–H groups in total. The fraction of sp³-hybridized carbons (Fsp3) is 0.286. The highest BCUT2D eigenvalue weighted by Crippen LogP contribution is 2.35. The van der Waals surface area contributed by atoms with E-state index in [0.717, 1.165) is 24.2 Å². The molecule has 2 fully saturated rings. The van der Waals surface area contributed by atoms with Crippen molar-refractivity contribution >= 4 is 29.3 Å². The van der Waals surface area contributed by atoms with Gasteiger partial charge in [0, 0.05) is 37.2 Å². The molecule has 3 aromatic carbocycles. The number of para-hydroxylation sites is 1. The summed E-state index contributed by atoms with van der Waals surface area (Å²) < 4.78 is 28.6. The van der Waals surface area contributed by atoms with Gasteiger partial charge in [-0.25, -0.2) is 8.78 Å². The molecule has 2 amide bonds. The molecule has 1 unspecified atom stereocenters. The van der Waals surface area contributed by atoms with Gasteiger partial charge in [-0.15, -0.1) is 11.8 Å². The SMILES string of the molecule is O=C(c1cccc(C(F)c2cccc(F)c2)c1)N1C[C@@H]2CCN(C(=O)CSc3ccccc3[N+](=O)[O-])[C@@H]2C1. The van der Waals surface area contributed by atoms with Gasteiger partial charge in [0.15, 0.2) is 6.17 Å². The predicted molar refractivity (Wildman–Crippen MR) is 139 cm³/mol. The Labute approximate surface area is 222 Å². The van der Waals surface area contributed by atoms with E-state index in [9.17, 15) is 24.1 Å². The average molecular weight is 538 g/mol. The van der Waals surface area contributed by atoms with Crippen molar-refractivity contribution in [2.24, 2.45) is 5.92 Å². The lowest BCUT2D eigenvalue weighted by atomic mass is 10.0. The number of benzene rings is 3. The first-order valence-electron chi connectivity index (χ1n) is 12.3. The second kappa shape index (κ2) is 10.9. The van der Waals surface area contributed by atoms with Gasteiger partial charge in [0.2, 0.25) is 5.91 Å². The molecule has 5 rings (SSSR count). The summed E-state index contributed by atoms with van der Waals surface area (Å²) in [5.74, 6) is -0.673. The minimum Gasteiger partial charge on any atom is -0.337 e. The summed E-state index contributed by atoms with van der Waals surface area (Å²) in [5, 5.41) is 11.3. The van der Waals surface area contributed by atoms with E-state index in [4.69, 9.17) is 0 Å². The number of hydrogen-bond donors (Lipinski definition) is 0. The summed E-state index contributed by atoms with van der Waals surface area (Å²) in [7, 11) is 0. The van der Waals surface area contributed by atoms with Crippen molar-refractivity contribution in [3.05, 3.63) is 105 Å². The van der Waals surface area contributed by atoms with Crippen LogP contribution in [0.4, 0.5) is 14.5 Å². The molecule has 2 heterocycles. The van der Waals surface area contributed by atoms with Gasteiger partial charge in [-0.05, 0) is 47.9 Å². The van der Waals surface area contributed by atoms with Crippen LogP contribution in [0.15, 0.2) is 77.7 Å². The highest BCUT2D eigenvalue weighted by Gasteiger charge is 2.44. The van der Waals surface area contributed by atoms with Crippen molar-refractivity contribution in [2.45, 2.75) is 23.5 Å². The van der Waals surface area contributed by atoms with Crippen LogP contribution in [-0.4, -0.2) is 58.0 Å². The monoisotopic (exact) mass is 537 g/mol. The summed E-state index contributed by atoms with van der Waals surface area (Å²) >= 11 is 1.14. The molecule has 38 heavy (non-hydrogen) atoms. The van der Waals surface area contributed by atoms with Crippen LogP contribution in [-0.2, 0) is 4.79 Å². The molecule has 3 atom stereocenters. The maximum Gasteiger partial charge on any atom is 0.282 e. The maximum absolute atomic E-state index is 15.1. The Morgan fingerprint density at radius 1 is 1.03 bits per heavy atom. The highest BCUT2D eigenvalue weighted by molar-refractivity contribution is 8.00. The number of carbonyl (C=O) groups is 2. The topological polar surface area (TPSA) is 83.8 Å². The molecule has 0 aromatic heterocycles. The first-order valence-corrected chi connectivity index (χ1v) is 13.2. The average Bonchev–Trinajstić information content (AvgIpc) is 3.52.